The minimum Gasteiger partial charge on any atom is -0.496 e. The number of fused-ring (bicyclic) bond motifs is 1. The van der Waals surface area contributed by atoms with E-state index in [-0.39, 0.29) is 13.0 Å². The van der Waals surface area contributed by atoms with Crippen LogP contribution in [0.1, 0.15) is 47.2 Å². The van der Waals surface area contributed by atoms with Crippen molar-refractivity contribution < 1.29 is 28.6 Å². The number of ether oxygens (including phenoxy) is 2. The summed E-state index contributed by atoms with van der Waals surface area (Å²) < 4.78 is 24.4. The number of carbonyl (C=O) groups is 2. The fourth-order valence-electron chi connectivity index (χ4n) is 4.37. The Labute approximate surface area is 179 Å². The lowest BCUT2D eigenvalue weighted by atomic mass is 9.59. The molecule has 6 nitrogen and oxygen atoms in total. The maximum atomic E-state index is 14.0. The number of methoxy groups -OCH3 is 1. The summed E-state index contributed by atoms with van der Waals surface area (Å²) in [5.74, 6) is 1.12. The molecule has 160 valence electrons. The van der Waals surface area contributed by atoms with Crippen LogP contribution >= 0.6 is 0 Å². The van der Waals surface area contributed by atoms with Gasteiger partial charge in [0.25, 0.3) is 5.91 Å². The van der Waals surface area contributed by atoms with E-state index in [1.165, 1.54) is 25.3 Å². The van der Waals surface area contributed by atoms with Gasteiger partial charge in [0.05, 0.1) is 12.7 Å². The number of amides is 1. The lowest BCUT2D eigenvalue weighted by Crippen LogP contribution is -2.50. The summed E-state index contributed by atoms with van der Waals surface area (Å²) in [5.41, 5.74) is -0.728. The molecule has 1 atom stereocenters. The maximum Gasteiger partial charge on any atom is 0.338 e. The van der Waals surface area contributed by atoms with E-state index in [4.69, 9.17) is 15.9 Å². The first kappa shape index (κ1) is 20.9. The number of nitrogens with one attached hydrogen (secondary N) is 1. The van der Waals surface area contributed by atoms with Crippen molar-refractivity contribution in [3.05, 3.63) is 58.9 Å². The molecule has 1 heterocycles. The number of esters is 1. The lowest BCUT2D eigenvalue weighted by Gasteiger charge is -2.46. The van der Waals surface area contributed by atoms with E-state index in [1.807, 2.05) is 0 Å². The fraction of sp³-hybridized carbons (Fsp3) is 0.333. The van der Waals surface area contributed by atoms with Crippen LogP contribution in [0.2, 0.25) is 0 Å². The number of hydrogen-bond acceptors (Lipinski definition) is 5. The fourth-order valence-corrected chi connectivity index (χ4v) is 4.37. The van der Waals surface area contributed by atoms with Gasteiger partial charge < -0.3 is 19.9 Å². The average Bonchev–Trinajstić information content (AvgIpc) is 3.10. The van der Waals surface area contributed by atoms with Gasteiger partial charge in [-0.1, -0.05) is 12.3 Å². The summed E-state index contributed by atoms with van der Waals surface area (Å²) in [5, 5.41) is 13.8. The third-order valence-corrected chi connectivity index (χ3v) is 6.19. The Morgan fingerprint density at radius 2 is 2.13 bits per heavy atom. The van der Waals surface area contributed by atoms with Crippen molar-refractivity contribution in [1.82, 2.24) is 0 Å². The molecule has 4 rings (SSSR count). The van der Waals surface area contributed by atoms with Gasteiger partial charge in [-0.3, -0.25) is 4.79 Å². The van der Waals surface area contributed by atoms with Crippen LogP contribution in [0.5, 0.6) is 5.75 Å². The highest BCUT2D eigenvalue weighted by atomic mass is 19.1. The molecule has 2 N–H and O–H groups in total. The predicted molar refractivity (Wildman–Crippen MR) is 111 cm³/mol. The largest absolute Gasteiger partial charge is 0.496 e. The second-order valence-corrected chi connectivity index (χ2v) is 8.06. The molecular weight excluding hydrogens is 401 g/mol. The highest BCUT2D eigenvalue weighted by Gasteiger charge is 2.49. The molecule has 0 aromatic heterocycles. The molecule has 1 saturated carbocycles. The Bertz CT molecular complexity index is 1100. The van der Waals surface area contributed by atoms with E-state index in [0.717, 1.165) is 6.42 Å². The highest BCUT2D eigenvalue weighted by molar-refractivity contribution is 6.00. The predicted octanol–water partition coefficient (Wildman–Crippen LogP) is 3.32. The van der Waals surface area contributed by atoms with E-state index < -0.39 is 28.7 Å². The summed E-state index contributed by atoms with van der Waals surface area (Å²) in [6.45, 7) is 0.125. The first-order valence-electron chi connectivity index (χ1n) is 9.96. The Balaban J connectivity index is 1.60. The molecule has 2 aliphatic rings. The molecule has 2 aromatic rings. The summed E-state index contributed by atoms with van der Waals surface area (Å²) in [6.07, 6.45) is 7.67. The Morgan fingerprint density at radius 1 is 1.35 bits per heavy atom. The average molecular weight is 423 g/mol. The van der Waals surface area contributed by atoms with Crippen LogP contribution < -0.4 is 10.1 Å². The Morgan fingerprint density at radius 3 is 2.77 bits per heavy atom. The van der Waals surface area contributed by atoms with Gasteiger partial charge in [0.15, 0.2) is 0 Å². The van der Waals surface area contributed by atoms with Crippen molar-refractivity contribution in [1.29, 1.82) is 0 Å². The van der Waals surface area contributed by atoms with E-state index in [9.17, 15) is 19.1 Å². The number of terminal acetylenes is 1. The van der Waals surface area contributed by atoms with Gasteiger partial charge in [-0.05, 0) is 49.2 Å². The van der Waals surface area contributed by atoms with Gasteiger partial charge in [0.1, 0.15) is 18.2 Å². The number of hydrogen-bond donors (Lipinski definition) is 2. The smallest absolute Gasteiger partial charge is 0.338 e. The standard InChI is InChI=1S/C24H22FNO5/c1-3-24(29,22(28)26-17-6-7-18-15(11-17)13-31-21(18)27)14-23(9-4-10-23)19-12-16(25)5-8-20(19)30-2/h1,5-8,11-12,29H,4,9-10,13-14H2,2H3,(H,26,28). The second kappa shape index (κ2) is 7.71. The molecule has 31 heavy (non-hydrogen) atoms. The van der Waals surface area contributed by atoms with Gasteiger partial charge in [0, 0.05) is 28.7 Å². The first-order chi connectivity index (χ1) is 14.8. The monoisotopic (exact) mass is 423 g/mol. The van der Waals surface area contributed by atoms with Crippen molar-refractivity contribution in [2.75, 3.05) is 12.4 Å². The van der Waals surface area contributed by atoms with Crippen molar-refractivity contribution >= 4 is 17.6 Å². The third-order valence-electron chi connectivity index (χ3n) is 6.19. The molecule has 1 aliphatic carbocycles. The first-order valence-corrected chi connectivity index (χ1v) is 9.96. The zero-order chi connectivity index (χ0) is 22.2. The Hall–Kier alpha value is -3.37. The van der Waals surface area contributed by atoms with Crippen LogP contribution in [-0.4, -0.2) is 29.7 Å². The SMILES string of the molecule is C#CC(O)(CC1(c2cc(F)ccc2OC)CCC1)C(=O)Nc1ccc2c(c1)COC2=O. The molecule has 2 aromatic carbocycles. The van der Waals surface area contributed by atoms with Crippen LogP contribution in [0, 0.1) is 18.2 Å². The van der Waals surface area contributed by atoms with E-state index >= 15 is 0 Å². The van der Waals surface area contributed by atoms with Gasteiger partial charge in [-0.15, -0.1) is 6.42 Å². The minimum atomic E-state index is -2.12. The number of aliphatic hydroxyl groups is 1. The van der Waals surface area contributed by atoms with Gasteiger partial charge in [-0.2, -0.15) is 0 Å². The molecule has 1 fully saturated rings. The lowest BCUT2D eigenvalue weighted by molar-refractivity contribution is -0.131. The number of rotatable bonds is 6. The molecule has 0 saturated heterocycles. The molecular formula is C24H22FNO5. The maximum absolute atomic E-state index is 14.0. The zero-order valence-corrected chi connectivity index (χ0v) is 17.0. The molecule has 0 bridgehead atoms. The van der Waals surface area contributed by atoms with E-state index in [0.29, 0.717) is 41.0 Å². The van der Waals surface area contributed by atoms with E-state index in [2.05, 4.69) is 11.2 Å². The van der Waals surface area contributed by atoms with Crippen LogP contribution in [-0.2, 0) is 21.6 Å². The second-order valence-electron chi connectivity index (χ2n) is 8.06. The van der Waals surface area contributed by atoms with Crippen LogP contribution in [0.15, 0.2) is 36.4 Å². The van der Waals surface area contributed by atoms with Crippen molar-refractivity contribution in [3.63, 3.8) is 0 Å². The highest BCUT2D eigenvalue weighted by Crippen LogP contribution is 2.52. The van der Waals surface area contributed by atoms with Gasteiger partial charge in [-0.25, -0.2) is 9.18 Å². The molecule has 1 amide bonds. The minimum absolute atomic E-state index is 0.0747. The summed E-state index contributed by atoms with van der Waals surface area (Å²) >= 11 is 0. The zero-order valence-electron chi connectivity index (χ0n) is 17.0. The van der Waals surface area contributed by atoms with Crippen LogP contribution in [0.4, 0.5) is 10.1 Å². The van der Waals surface area contributed by atoms with Crippen LogP contribution in [0.3, 0.4) is 0 Å². The normalized spacial score (nSPS) is 18.1. The summed E-state index contributed by atoms with van der Waals surface area (Å²) in [7, 11) is 1.49. The van der Waals surface area contributed by atoms with Gasteiger partial charge >= 0.3 is 5.97 Å². The molecule has 7 heteroatoms. The summed E-state index contributed by atoms with van der Waals surface area (Å²) in [6, 6.07) is 8.94. The summed E-state index contributed by atoms with van der Waals surface area (Å²) in [4.78, 5) is 24.6. The number of halogens is 1. The topological polar surface area (TPSA) is 84.9 Å². The van der Waals surface area contributed by atoms with Crippen molar-refractivity contribution in [3.8, 4) is 18.1 Å². The number of benzene rings is 2. The molecule has 1 aliphatic heterocycles. The number of carbonyl (C=O) groups excluding carboxylic acids is 2. The van der Waals surface area contributed by atoms with Crippen LogP contribution in [0.25, 0.3) is 0 Å². The molecule has 1 unspecified atom stereocenters. The van der Waals surface area contributed by atoms with E-state index in [1.54, 1.807) is 18.2 Å². The number of anilines is 1. The van der Waals surface area contributed by atoms with Crippen molar-refractivity contribution in [2.24, 2.45) is 0 Å². The number of cyclic esters (lactones) is 1. The molecule has 0 spiro atoms. The third kappa shape index (κ3) is 3.64. The van der Waals surface area contributed by atoms with Crippen molar-refractivity contribution in [2.45, 2.75) is 43.3 Å². The quantitative estimate of drug-likeness (QED) is 0.550. The Kier molecular flexibility index (Phi) is 5.19. The van der Waals surface area contributed by atoms with Gasteiger partial charge in [0.2, 0.25) is 5.60 Å². The molecule has 0 radical (unpaired) electrons.